The summed E-state index contributed by atoms with van der Waals surface area (Å²) in [5, 5.41) is 0. The molecule has 19 heavy (non-hydrogen) atoms. The van der Waals surface area contributed by atoms with E-state index in [1.165, 1.54) is 17.5 Å². The van der Waals surface area contributed by atoms with Crippen LogP contribution in [0.15, 0.2) is 18.2 Å². The summed E-state index contributed by atoms with van der Waals surface area (Å²) in [5.74, 6) is 1.06. The normalized spacial score (nSPS) is 14.2. The largest absolute Gasteiger partial charge is 0.325 e. The van der Waals surface area contributed by atoms with Crippen LogP contribution in [0.5, 0.6) is 0 Å². The maximum atomic E-state index is 11.5. The second-order valence-corrected chi connectivity index (χ2v) is 5.31. The van der Waals surface area contributed by atoms with Crippen LogP contribution < -0.4 is 0 Å². The fraction of sp³-hybridized carbons (Fsp3) is 0.375. The van der Waals surface area contributed by atoms with Crippen LogP contribution in [-0.4, -0.2) is 15.8 Å². The summed E-state index contributed by atoms with van der Waals surface area (Å²) in [7, 11) is 0. The average Bonchev–Trinajstić information content (AvgIpc) is 2.79. The molecule has 1 aromatic heterocycles. The van der Waals surface area contributed by atoms with E-state index in [1.54, 1.807) is 0 Å². The van der Waals surface area contributed by atoms with Gasteiger partial charge >= 0.3 is 0 Å². The Labute approximate surface area is 113 Å². The first-order chi connectivity index (χ1) is 9.20. The van der Waals surface area contributed by atoms with Gasteiger partial charge in [-0.15, -0.1) is 0 Å². The molecule has 2 aromatic rings. The lowest BCUT2D eigenvalue weighted by atomic mass is 10.0. The number of benzene rings is 1. The van der Waals surface area contributed by atoms with Gasteiger partial charge in [-0.3, -0.25) is 4.79 Å². The molecule has 0 amide bonds. The first-order valence-electron chi connectivity index (χ1n) is 6.83. The molecule has 1 aliphatic heterocycles. The van der Waals surface area contributed by atoms with Crippen molar-refractivity contribution in [3.05, 3.63) is 40.8 Å². The molecule has 3 nitrogen and oxygen atoms in total. The van der Waals surface area contributed by atoms with Crippen LogP contribution in [0.2, 0.25) is 0 Å². The summed E-state index contributed by atoms with van der Waals surface area (Å²) in [6.45, 7) is 5.06. The van der Waals surface area contributed by atoms with E-state index < -0.39 is 0 Å². The van der Waals surface area contributed by atoms with Crippen LogP contribution in [0.25, 0.3) is 11.3 Å². The van der Waals surface area contributed by atoms with Crippen molar-refractivity contribution < 1.29 is 4.79 Å². The molecule has 98 valence electrons. The molecular formula is C16H18N2O. The van der Waals surface area contributed by atoms with E-state index in [2.05, 4.69) is 36.6 Å². The number of hydrogen-bond acceptors (Lipinski definition) is 2. The molecule has 0 radical (unpaired) electrons. The van der Waals surface area contributed by atoms with E-state index in [-0.39, 0.29) is 0 Å². The summed E-state index contributed by atoms with van der Waals surface area (Å²) in [6.07, 6.45) is 4.24. The van der Waals surface area contributed by atoms with Crippen molar-refractivity contribution in [3.63, 3.8) is 0 Å². The average molecular weight is 254 g/mol. The Bertz CT molecular complexity index is 640. The predicted octanol–water partition coefficient (Wildman–Crippen LogP) is 3.32. The number of rotatable bonds is 2. The Kier molecular flexibility index (Phi) is 2.97. The van der Waals surface area contributed by atoms with Gasteiger partial charge in [0.1, 0.15) is 11.5 Å². The first-order valence-corrected chi connectivity index (χ1v) is 6.83. The minimum Gasteiger partial charge on any atom is -0.325 e. The molecule has 2 heterocycles. The van der Waals surface area contributed by atoms with E-state index >= 15 is 0 Å². The second kappa shape index (κ2) is 4.65. The highest BCUT2D eigenvalue weighted by Crippen LogP contribution is 2.29. The quantitative estimate of drug-likeness (QED) is 0.771. The van der Waals surface area contributed by atoms with Gasteiger partial charge in [0.25, 0.3) is 0 Å². The fourth-order valence-electron chi connectivity index (χ4n) is 2.82. The molecule has 3 rings (SSSR count). The van der Waals surface area contributed by atoms with Gasteiger partial charge in [0.2, 0.25) is 0 Å². The fourth-order valence-corrected chi connectivity index (χ4v) is 2.82. The maximum absolute atomic E-state index is 11.5. The van der Waals surface area contributed by atoms with Crippen molar-refractivity contribution >= 4 is 6.29 Å². The number of aryl methyl sites for hydroxylation is 3. The molecule has 1 aromatic carbocycles. The van der Waals surface area contributed by atoms with Crippen LogP contribution >= 0.6 is 0 Å². The van der Waals surface area contributed by atoms with E-state index in [9.17, 15) is 4.79 Å². The summed E-state index contributed by atoms with van der Waals surface area (Å²) < 4.78 is 2.09. The third-order valence-electron chi connectivity index (χ3n) is 3.88. The molecule has 0 atom stereocenters. The molecule has 0 N–H and O–H groups in total. The van der Waals surface area contributed by atoms with Gasteiger partial charge < -0.3 is 4.57 Å². The number of imidazole rings is 1. The zero-order valence-corrected chi connectivity index (χ0v) is 11.4. The van der Waals surface area contributed by atoms with Crippen molar-refractivity contribution in [2.45, 2.75) is 39.7 Å². The lowest BCUT2D eigenvalue weighted by Gasteiger charge is -2.14. The van der Waals surface area contributed by atoms with Gasteiger partial charge in [0, 0.05) is 18.5 Å². The number of aromatic nitrogens is 2. The predicted molar refractivity (Wildman–Crippen MR) is 75.5 cm³/mol. The van der Waals surface area contributed by atoms with Crippen molar-refractivity contribution in [3.8, 4) is 11.3 Å². The zero-order valence-electron chi connectivity index (χ0n) is 11.4. The molecule has 0 saturated carbocycles. The molecule has 1 aliphatic rings. The van der Waals surface area contributed by atoms with Gasteiger partial charge in [-0.25, -0.2) is 4.98 Å². The maximum Gasteiger partial charge on any atom is 0.168 e. The minimum absolute atomic E-state index is 0.739. The molecule has 0 aliphatic carbocycles. The first kappa shape index (κ1) is 12.2. The number of fused-ring (bicyclic) bond motifs is 1. The molecular weight excluding hydrogens is 236 g/mol. The standard InChI is InChI=1S/C16H18N2O/c1-11-6-7-12(2)13(9-11)16-14(10-19)18-8-4-3-5-15(18)17-16/h6-7,9-10H,3-5,8H2,1-2H3. The lowest BCUT2D eigenvalue weighted by Crippen LogP contribution is -2.12. The summed E-state index contributed by atoms with van der Waals surface area (Å²) in [5.41, 5.74) is 5.05. The van der Waals surface area contributed by atoms with Gasteiger partial charge in [-0.2, -0.15) is 0 Å². The summed E-state index contributed by atoms with van der Waals surface area (Å²) in [4.78, 5) is 16.2. The Balaban J connectivity index is 2.22. The number of carbonyl (C=O) groups excluding carboxylic acids is 1. The van der Waals surface area contributed by atoms with Crippen LogP contribution in [0.3, 0.4) is 0 Å². The number of aldehydes is 1. The van der Waals surface area contributed by atoms with Crippen molar-refractivity contribution in [2.24, 2.45) is 0 Å². The topological polar surface area (TPSA) is 34.9 Å². The van der Waals surface area contributed by atoms with E-state index in [4.69, 9.17) is 4.98 Å². The Morgan fingerprint density at radius 2 is 2.11 bits per heavy atom. The van der Waals surface area contributed by atoms with Crippen molar-refractivity contribution in [2.75, 3.05) is 0 Å². The molecule has 0 saturated heterocycles. The van der Waals surface area contributed by atoms with Gasteiger partial charge in [-0.05, 0) is 38.3 Å². The molecule has 0 bridgehead atoms. The Morgan fingerprint density at radius 3 is 2.89 bits per heavy atom. The van der Waals surface area contributed by atoms with Gasteiger partial charge in [0.15, 0.2) is 6.29 Å². The van der Waals surface area contributed by atoms with Crippen LogP contribution in [-0.2, 0) is 13.0 Å². The van der Waals surface area contributed by atoms with E-state index in [1.807, 2.05) is 0 Å². The third kappa shape index (κ3) is 1.99. The van der Waals surface area contributed by atoms with Crippen molar-refractivity contribution in [1.29, 1.82) is 0 Å². The smallest absolute Gasteiger partial charge is 0.168 e. The molecule has 3 heteroatoms. The highest BCUT2D eigenvalue weighted by atomic mass is 16.1. The lowest BCUT2D eigenvalue weighted by molar-refractivity contribution is 0.111. The zero-order chi connectivity index (χ0) is 13.4. The monoisotopic (exact) mass is 254 g/mol. The molecule has 0 fully saturated rings. The second-order valence-electron chi connectivity index (χ2n) is 5.31. The SMILES string of the molecule is Cc1ccc(C)c(-c2nc3n(c2C=O)CCCC3)c1. The third-order valence-corrected chi connectivity index (χ3v) is 3.88. The Morgan fingerprint density at radius 1 is 1.26 bits per heavy atom. The summed E-state index contributed by atoms with van der Waals surface area (Å²) >= 11 is 0. The highest BCUT2D eigenvalue weighted by molar-refractivity contribution is 5.85. The van der Waals surface area contributed by atoms with Crippen LogP contribution in [0.1, 0.15) is 40.3 Å². The Hall–Kier alpha value is -1.90. The number of hydrogen-bond donors (Lipinski definition) is 0. The van der Waals surface area contributed by atoms with E-state index in [0.29, 0.717) is 0 Å². The van der Waals surface area contributed by atoms with Gasteiger partial charge in [-0.1, -0.05) is 17.7 Å². The number of nitrogens with zero attached hydrogens (tertiary/aromatic N) is 2. The van der Waals surface area contributed by atoms with Gasteiger partial charge in [0.05, 0.1) is 5.69 Å². The summed E-state index contributed by atoms with van der Waals surface area (Å²) in [6, 6.07) is 6.31. The minimum atomic E-state index is 0.739. The van der Waals surface area contributed by atoms with Crippen LogP contribution in [0.4, 0.5) is 0 Å². The molecule has 0 spiro atoms. The van der Waals surface area contributed by atoms with E-state index in [0.717, 1.165) is 48.4 Å². The highest BCUT2D eigenvalue weighted by Gasteiger charge is 2.21. The number of carbonyl (C=O) groups is 1. The molecule has 0 unspecified atom stereocenters. The van der Waals surface area contributed by atoms with Crippen molar-refractivity contribution in [1.82, 2.24) is 9.55 Å². The van der Waals surface area contributed by atoms with Crippen LogP contribution in [0, 0.1) is 13.8 Å².